The highest BCUT2D eigenvalue weighted by molar-refractivity contribution is 5.36. The summed E-state index contributed by atoms with van der Waals surface area (Å²) < 4.78 is 5.93. The third-order valence-electron chi connectivity index (χ3n) is 3.14. The molecule has 0 unspecified atom stereocenters. The molecule has 108 valence electrons. The van der Waals surface area contributed by atoms with Gasteiger partial charge in [-0.1, -0.05) is 38.5 Å². The molecular weight excluding hydrogens is 234 g/mol. The average molecular weight is 263 g/mol. The molecule has 0 saturated carbocycles. The maximum Gasteiger partial charge on any atom is 0.123 e. The Kier molecular flexibility index (Phi) is 7.57. The highest BCUT2D eigenvalue weighted by Crippen LogP contribution is 2.20. The number of hydrogen-bond donors (Lipinski definition) is 1. The van der Waals surface area contributed by atoms with Crippen LogP contribution in [0.5, 0.6) is 5.75 Å². The predicted molar refractivity (Wildman–Crippen MR) is 82.7 cm³/mol. The molecule has 0 spiro atoms. The first kappa shape index (κ1) is 16.0. The van der Waals surface area contributed by atoms with E-state index in [9.17, 15) is 0 Å². The standard InChI is InChI=1S/C17H29NO/c1-5-10-18-13-16-12-15(4)8-9-17(16)19-11-6-7-14(2)3/h8-9,12,14,18H,5-7,10-11,13H2,1-4H3. The number of hydrogen-bond acceptors (Lipinski definition) is 2. The number of benzene rings is 1. The summed E-state index contributed by atoms with van der Waals surface area (Å²) in [7, 11) is 0. The van der Waals surface area contributed by atoms with Gasteiger partial charge >= 0.3 is 0 Å². The van der Waals surface area contributed by atoms with E-state index in [0.29, 0.717) is 0 Å². The molecule has 1 aromatic carbocycles. The van der Waals surface area contributed by atoms with E-state index in [2.05, 4.69) is 51.2 Å². The number of ether oxygens (including phenoxy) is 1. The molecule has 19 heavy (non-hydrogen) atoms. The van der Waals surface area contributed by atoms with E-state index in [1.807, 2.05) is 0 Å². The molecule has 0 aliphatic heterocycles. The summed E-state index contributed by atoms with van der Waals surface area (Å²) >= 11 is 0. The fraction of sp³-hybridized carbons (Fsp3) is 0.647. The quantitative estimate of drug-likeness (QED) is 0.670. The molecule has 0 aliphatic rings. The van der Waals surface area contributed by atoms with Gasteiger partial charge in [-0.25, -0.2) is 0 Å². The van der Waals surface area contributed by atoms with Crippen molar-refractivity contribution in [1.82, 2.24) is 5.32 Å². The van der Waals surface area contributed by atoms with Crippen molar-refractivity contribution in [2.45, 2.75) is 53.5 Å². The van der Waals surface area contributed by atoms with E-state index in [1.54, 1.807) is 0 Å². The van der Waals surface area contributed by atoms with Crippen LogP contribution in [0.15, 0.2) is 18.2 Å². The highest BCUT2D eigenvalue weighted by Gasteiger charge is 2.04. The normalized spacial score (nSPS) is 11.0. The van der Waals surface area contributed by atoms with E-state index < -0.39 is 0 Å². The Morgan fingerprint density at radius 3 is 2.74 bits per heavy atom. The maximum absolute atomic E-state index is 5.93. The Hall–Kier alpha value is -1.02. The molecule has 2 heteroatoms. The van der Waals surface area contributed by atoms with Gasteiger partial charge in [-0.3, -0.25) is 0 Å². The molecule has 0 aliphatic carbocycles. The fourth-order valence-electron chi connectivity index (χ4n) is 2.06. The molecule has 0 bridgehead atoms. The van der Waals surface area contributed by atoms with Crippen LogP contribution in [0, 0.1) is 12.8 Å². The Morgan fingerprint density at radius 2 is 2.05 bits per heavy atom. The number of rotatable bonds is 9. The lowest BCUT2D eigenvalue weighted by atomic mass is 10.1. The summed E-state index contributed by atoms with van der Waals surface area (Å²) in [6.07, 6.45) is 3.53. The van der Waals surface area contributed by atoms with Crippen LogP contribution in [0.2, 0.25) is 0 Å². The second-order valence-electron chi connectivity index (χ2n) is 5.67. The van der Waals surface area contributed by atoms with Gasteiger partial charge in [0.05, 0.1) is 6.61 Å². The summed E-state index contributed by atoms with van der Waals surface area (Å²) in [5.74, 6) is 1.80. The van der Waals surface area contributed by atoms with Crippen LogP contribution in [0.3, 0.4) is 0 Å². The van der Waals surface area contributed by atoms with Crippen LogP contribution in [-0.2, 0) is 6.54 Å². The second kappa shape index (κ2) is 8.98. The summed E-state index contributed by atoms with van der Waals surface area (Å²) in [5, 5.41) is 3.45. The van der Waals surface area contributed by atoms with Gasteiger partial charge in [0.1, 0.15) is 5.75 Å². The van der Waals surface area contributed by atoms with Gasteiger partial charge in [0, 0.05) is 12.1 Å². The molecule has 2 nitrogen and oxygen atoms in total. The van der Waals surface area contributed by atoms with Crippen molar-refractivity contribution in [3.05, 3.63) is 29.3 Å². The monoisotopic (exact) mass is 263 g/mol. The lowest BCUT2D eigenvalue weighted by molar-refractivity contribution is 0.294. The van der Waals surface area contributed by atoms with Crippen molar-refractivity contribution in [3.8, 4) is 5.75 Å². The van der Waals surface area contributed by atoms with Gasteiger partial charge in [-0.15, -0.1) is 0 Å². The zero-order valence-electron chi connectivity index (χ0n) is 13.0. The molecule has 0 radical (unpaired) electrons. The third kappa shape index (κ3) is 6.63. The van der Waals surface area contributed by atoms with Crippen molar-refractivity contribution in [2.75, 3.05) is 13.2 Å². The Labute approximate surface area is 118 Å². The molecule has 1 rings (SSSR count). The Bertz CT molecular complexity index is 360. The zero-order chi connectivity index (χ0) is 14.1. The Morgan fingerprint density at radius 1 is 1.26 bits per heavy atom. The lowest BCUT2D eigenvalue weighted by Crippen LogP contribution is -2.15. The molecular formula is C17H29NO. The third-order valence-corrected chi connectivity index (χ3v) is 3.14. The number of aryl methyl sites for hydroxylation is 1. The van der Waals surface area contributed by atoms with Crippen molar-refractivity contribution >= 4 is 0 Å². The van der Waals surface area contributed by atoms with Crippen molar-refractivity contribution in [2.24, 2.45) is 5.92 Å². The van der Waals surface area contributed by atoms with Crippen LogP contribution in [0.4, 0.5) is 0 Å². The van der Waals surface area contributed by atoms with E-state index in [0.717, 1.165) is 44.2 Å². The number of nitrogens with one attached hydrogen (secondary N) is 1. The van der Waals surface area contributed by atoms with E-state index in [1.165, 1.54) is 17.5 Å². The highest BCUT2D eigenvalue weighted by atomic mass is 16.5. The summed E-state index contributed by atoms with van der Waals surface area (Å²) in [6, 6.07) is 6.45. The van der Waals surface area contributed by atoms with Gasteiger partial charge in [-0.2, -0.15) is 0 Å². The van der Waals surface area contributed by atoms with E-state index >= 15 is 0 Å². The molecule has 0 aromatic heterocycles. The van der Waals surface area contributed by atoms with Crippen LogP contribution in [0.1, 0.15) is 51.2 Å². The minimum Gasteiger partial charge on any atom is -0.493 e. The largest absolute Gasteiger partial charge is 0.493 e. The smallest absolute Gasteiger partial charge is 0.123 e. The molecule has 0 heterocycles. The van der Waals surface area contributed by atoms with Gasteiger partial charge in [0.15, 0.2) is 0 Å². The first-order chi connectivity index (χ1) is 9.13. The summed E-state index contributed by atoms with van der Waals surface area (Å²) in [4.78, 5) is 0. The molecule has 0 atom stereocenters. The van der Waals surface area contributed by atoms with E-state index in [-0.39, 0.29) is 0 Å². The average Bonchev–Trinajstić information content (AvgIpc) is 2.36. The van der Waals surface area contributed by atoms with Crippen LogP contribution in [0.25, 0.3) is 0 Å². The van der Waals surface area contributed by atoms with Gasteiger partial charge in [-0.05, 0) is 44.7 Å². The molecule has 0 fully saturated rings. The van der Waals surface area contributed by atoms with Gasteiger partial charge in [0.2, 0.25) is 0 Å². The second-order valence-corrected chi connectivity index (χ2v) is 5.67. The minimum absolute atomic E-state index is 0.757. The predicted octanol–water partition coefficient (Wildman–Crippen LogP) is 4.31. The first-order valence-electron chi connectivity index (χ1n) is 7.56. The Balaban J connectivity index is 2.50. The van der Waals surface area contributed by atoms with Crippen LogP contribution in [-0.4, -0.2) is 13.2 Å². The summed E-state index contributed by atoms with van der Waals surface area (Å²) in [6.45, 7) is 11.6. The van der Waals surface area contributed by atoms with Crippen molar-refractivity contribution in [3.63, 3.8) is 0 Å². The maximum atomic E-state index is 5.93. The topological polar surface area (TPSA) is 21.3 Å². The van der Waals surface area contributed by atoms with Gasteiger partial charge in [0.25, 0.3) is 0 Å². The first-order valence-corrected chi connectivity index (χ1v) is 7.56. The zero-order valence-corrected chi connectivity index (χ0v) is 13.0. The molecule has 0 saturated heterocycles. The SMILES string of the molecule is CCCNCc1cc(C)ccc1OCCCC(C)C. The lowest BCUT2D eigenvalue weighted by Gasteiger charge is -2.13. The van der Waals surface area contributed by atoms with E-state index in [4.69, 9.17) is 4.74 Å². The van der Waals surface area contributed by atoms with Crippen molar-refractivity contribution < 1.29 is 4.74 Å². The molecule has 1 aromatic rings. The molecule has 0 amide bonds. The van der Waals surface area contributed by atoms with Gasteiger partial charge < -0.3 is 10.1 Å². The molecule has 1 N–H and O–H groups in total. The van der Waals surface area contributed by atoms with Crippen LogP contribution >= 0.6 is 0 Å². The van der Waals surface area contributed by atoms with Crippen LogP contribution < -0.4 is 10.1 Å². The van der Waals surface area contributed by atoms with Crippen molar-refractivity contribution in [1.29, 1.82) is 0 Å². The fourth-order valence-corrected chi connectivity index (χ4v) is 2.06. The minimum atomic E-state index is 0.757. The summed E-state index contributed by atoms with van der Waals surface area (Å²) in [5.41, 5.74) is 2.57.